The van der Waals surface area contributed by atoms with E-state index in [9.17, 15) is 18.1 Å². The summed E-state index contributed by atoms with van der Waals surface area (Å²) in [5.74, 6) is -0.168. The molecule has 3 aromatic rings. The third-order valence-electron chi connectivity index (χ3n) is 4.64. The molecule has 31 heavy (non-hydrogen) atoms. The minimum absolute atomic E-state index is 0.0251. The first-order chi connectivity index (χ1) is 14.8. The highest BCUT2D eigenvalue weighted by molar-refractivity contribution is 7.92. The average Bonchev–Trinajstić information content (AvgIpc) is 2.78. The summed E-state index contributed by atoms with van der Waals surface area (Å²) in [6.45, 7) is 1.72. The van der Waals surface area contributed by atoms with Crippen molar-refractivity contribution in [2.24, 2.45) is 0 Å². The highest BCUT2D eigenvalue weighted by Crippen LogP contribution is 2.28. The summed E-state index contributed by atoms with van der Waals surface area (Å²) in [5, 5.41) is 18.3. The highest BCUT2D eigenvalue weighted by Gasteiger charge is 2.28. The Morgan fingerprint density at radius 3 is 2.52 bits per heavy atom. The van der Waals surface area contributed by atoms with Crippen LogP contribution in [0.5, 0.6) is 5.75 Å². The molecule has 0 radical (unpaired) electrons. The number of nitrogens with zero attached hydrogens (tertiary/aromatic N) is 4. The van der Waals surface area contributed by atoms with Gasteiger partial charge in [-0.1, -0.05) is 6.07 Å². The maximum absolute atomic E-state index is 13.8. The van der Waals surface area contributed by atoms with E-state index in [1.165, 1.54) is 25.4 Å². The Bertz CT molecular complexity index is 1330. The number of nitriles is 2. The van der Waals surface area contributed by atoms with E-state index >= 15 is 0 Å². The minimum atomic E-state index is -4.25. The number of halogens is 1. The van der Waals surface area contributed by atoms with Gasteiger partial charge in [-0.15, -0.1) is 0 Å². The van der Waals surface area contributed by atoms with Crippen molar-refractivity contribution in [2.75, 3.05) is 11.4 Å². The number of aromatic nitrogens is 1. The van der Waals surface area contributed by atoms with Crippen LogP contribution in [-0.4, -0.2) is 20.5 Å². The number of hydrogen-bond acceptors (Lipinski definition) is 6. The minimum Gasteiger partial charge on any atom is -0.497 e. The number of ether oxygens (including phenoxy) is 1. The molecule has 0 aliphatic carbocycles. The number of sulfonamides is 1. The van der Waals surface area contributed by atoms with E-state index in [0.29, 0.717) is 11.3 Å². The first-order valence-corrected chi connectivity index (χ1v) is 10.5. The van der Waals surface area contributed by atoms with Crippen LogP contribution in [-0.2, 0) is 16.6 Å². The molecule has 0 unspecified atom stereocenters. The molecule has 0 saturated heterocycles. The Morgan fingerprint density at radius 1 is 1.10 bits per heavy atom. The number of pyridine rings is 1. The Kier molecular flexibility index (Phi) is 6.19. The van der Waals surface area contributed by atoms with E-state index in [4.69, 9.17) is 10.00 Å². The van der Waals surface area contributed by atoms with Crippen molar-refractivity contribution >= 4 is 15.8 Å². The van der Waals surface area contributed by atoms with Gasteiger partial charge in [0.25, 0.3) is 10.0 Å². The fraction of sp³-hybridized carbons (Fsp3) is 0.136. The van der Waals surface area contributed by atoms with E-state index in [1.54, 1.807) is 24.3 Å². The van der Waals surface area contributed by atoms with Gasteiger partial charge in [0.05, 0.1) is 35.7 Å². The highest BCUT2D eigenvalue weighted by atomic mass is 32.2. The molecule has 0 fully saturated rings. The Balaban J connectivity index is 2.16. The predicted octanol–water partition coefficient (Wildman–Crippen LogP) is 3.68. The zero-order valence-corrected chi connectivity index (χ0v) is 17.5. The van der Waals surface area contributed by atoms with Gasteiger partial charge < -0.3 is 4.74 Å². The maximum atomic E-state index is 13.8. The molecular weight excluding hydrogens is 419 g/mol. The zero-order valence-electron chi connectivity index (χ0n) is 16.7. The molecule has 0 aliphatic heterocycles. The number of anilines is 1. The van der Waals surface area contributed by atoms with Crippen LogP contribution in [0.15, 0.2) is 59.6 Å². The fourth-order valence-corrected chi connectivity index (χ4v) is 4.34. The smallest absolute Gasteiger partial charge is 0.265 e. The number of aryl methyl sites for hydroxylation is 1. The van der Waals surface area contributed by atoms with Crippen LogP contribution in [0.3, 0.4) is 0 Å². The summed E-state index contributed by atoms with van der Waals surface area (Å²) in [4.78, 5) is 3.87. The summed E-state index contributed by atoms with van der Waals surface area (Å²) < 4.78 is 47.0. The zero-order chi connectivity index (χ0) is 22.6. The third-order valence-corrected chi connectivity index (χ3v) is 6.39. The number of benzene rings is 2. The van der Waals surface area contributed by atoms with Crippen molar-refractivity contribution in [3.05, 3.63) is 82.8 Å². The lowest BCUT2D eigenvalue weighted by atomic mass is 10.1. The first kappa shape index (κ1) is 21.8. The van der Waals surface area contributed by atoms with Crippen LogP contribution in [0.25, 0.3) is 0 Å². The van der Waals surface area contributed by atoms with E-state index in [1.807, 2.05) is 13.0 Å². The molecule has 0 bridgehead atoms. The van der Waals surface area contributed by atoms with Crippen molar-refractivity contribution in [3.63, 3.8) is 0 Å². The maximum Gasteiger partial charge on any atom is 0.265 e. The van der Waals surface area contributed by atoms with E-state index in [2.05, 4.69) is 4.98 Å². The molecule has 0 saturated carbocycles. The molecule has 0 amide bonds. The van der Waals surface area contributed by atoms with Crippen molar-refractivity contribution in [1.29, 1.82) is 10.5 Å². The summed E-state index contributed by atoms with van der Waals surface area (Å²) in [7, 11) is -2.72. The summed E-state index contributed by atoms with van der Waals surface area (Å²) >= 11 is 0. The SMILES string of the molecule is COc1ccc(CN(c2cc(C#N)ccn2)S(=O)(=O)c2ccc(F)c(C#N)c2)c(C)c1. The van der Waals surface area contributed by atoms with Crippen molar-refractivity contribution < 1.29 is 17.5 Å². The fourth-order valence-electron chi connectivity index (χ4n) is 2.92. The summed E-state index contributed by atoms with van der Waals surface area (Å²) in [6.07, 6.45) is 1.34. The van der Waals surface area contributed by atoms with Gasteiger partial charge in [0, 0.05) is 6.20 Å². The molecule has 7 nitrogen and oxygen atoms in total. The first-order valence-electron chi connectivity index (χ1n) is 9.02. The number of rotatable bonds is 6. The van der Waals surface area contributed by atoms with Crippen LogP contribution in [0.1, 0.15) is 22.3 Å². The van der Waals surface area contributed by atoms with Crippen molar-refractivity contribution in [3.8, 4) is 17.9 Å². The molecule has 9 heteroatoms. The molecular formula is C22H17FN4O3S. The van der Waals surface area contributed by atoms with Crippen molar-refractivity contribution in [1.82, 2.24) is 4.98 Å². The number of methoxy groups -OCH3 is 1. The molecule has 156 valence electrons. The Morgan fingerprint density at radius 2 is 1.87 bits per heavy atom. The topological polar surface area (TPSA) is 107 Å². The van der Waals surface area contributed by atoms with Crippen LogP contribution >= 0.6 is 0 Å². The van der Waals surface area contributed by atoms with Gasteiger partial charge in [-0.3, -0.25) is 0 Å². The average molecular weight is 436 g/mol. The quantitative estimate of drug-likeness (QED) is 0.583. The normalized spacial score (nSPS) is 10.7. The van der Waals surface area contributed by atoms with Gasteiger partial charge in [-0.25, -0.2) is 22.1 Å². The molecule has 1 heterocycles. The summed E-state index contributed by atoms with van der Waals surface area (Å²) in [5.41, 5.74) is 1.30. The molecule has 3 rings (SSSR count). The molecule has 0 N–H and O–H groups in total. The molecule has 0 atom stereocenters. The lowest BCUT2D eigenvalue weighted by molar-refractivity contribution is 0.414. The molecule has 2 aromatic carbocycles. The van der Waals surface area contributed by atoms with Gasteiger partial charge in [0.15, 0.2) is 0 Å². The van der Waals surface area contributed by atoms with E-state index in [-0.39, 0.29) is 28.4 Å². The second-order valence-corrected chi connectivity index (χ2v) is 8.43. The molecule has 0 spiro atoms. The molecule has 1 aromatic heterocycles. The largest absolute Gasteiger partial charge is 0.497 e. The van der Waals surface area contributed by atoms with Crippen LogP contribution in [0, 0.1) is 35.4 Å². The van der Waals surface area contributed by atoms with E-state index < -0.39 is 15.8 Å². The third kappa shape index (κ3) is 4.47. The van der Waals surface area contributed by atoms with Crippen molar-refractivity contribution in [2.45, 2.75) is 18.4 Å². The van der Waals surface area contributed by atoms with Crippen LogP contribution in [0.2, 0.25) is 0 Å². The van der Waals surface area contributed by atoms with E-state index in [0.717, 1.165) is 28.1 Å². The van der Waals surface area contributed by atoms with Gasteiger partial charge in [0.2, 0.25) is 0 Å². The standard InChI is InChI=1S/C22H17FN4O3S/c1-15-9-19(30-2)4-3-17(15)14-27(22-10-16(12-24)7-8-26-22)31(28,29)20-5-6-21(23)18(11-20)13-25/h3-11H,14H2,1-2H3. The Hall–Kier alpha value is -3.95. The van der Waals surface area contributed by atoms with Crippen LogP contribution in [0.4, 0.5) is 10.2 Å². The predicted molar refractivity (Wildman–Crippen MR) is 111 cm³/mol. The van der Waals surface area contributed by atoms with Crippen LogP contribution < -0.4 is 9.04 Å². The second-order valence-electron chi connectivity index (χ2n) is 6.57. The monoisotopic (exact) mass is 436 g/mol. The lowest BCUT2D eigenvalue weighted by Crippen LogP contribution is -2.31. The van der Waals surface area contributed by atoms with Gasteiger partial charge >= 0.3 is 0 Å². The lowest BCUT2D eigenvalue weighted by Gasteiger charge is -2.24. The van der Waals surface area contributed by atoms with Gasteiger partial charge in [-0.2, -0.15) is 10.5 Å². The Labute approximate surface area is 179 Å². The summed E-state index contributed by atoms with van der Waals surface area (Å²) in [6, 6.07) is 14.6. The molecule has 0 aliphatic rings. The van der Waals surface area contributed by atoms with Gasteiger partial charge in [-0.05, 0) is 60.5 Å². The van der Waals surface area contributed by atoms with Gasteiger partial charge in [0.1, 0.15) is 23.5 Å². The number of hydrogen-bond donors (Lipinski definition) is 0. The second kappa shape index (κ2) is 8.82.